The summed E-state index contributed by atoms with van der Waals surface area (Å²) in [6, 6.07) is 0. The van der Waals surface area contributed by atoms with Gasteiger partial charge in [0.2, 0.25) is 0 Å². The fourth-order valence-electron chi connectivity index (χ4n) is 0.0471. The molecule has 0 saturated heterocycles. The number of rotatable bonds is 2. The van der Waals surface area contributed by atoms with Crippen molar-refractivity contribution < 1.29 is 10.2 Å². The van der Waals surface area contributed by atoms with Crippen LogP contribution in [-0.2, 0) is 0 Å². The van der Waals surface area contributed by atoms with Gasteiger partial charge in [-0.05, 0) is 6.92 Å². The largest absolute Gasteiger partial charge is 0.396 e. The second-order valence-corrected chi connectivity index (χ2v) is 1.09. The van der Waals surface area contributed by atoms with Gasteiger partial charge in [-0.1, -0.05) is 0 Å². The summed E-state index contributed by atoms with van der Waals surface area (Å²) in [6.45, 7) is 4.09. The average molecular weight is 88.1 g/mol. The van der Waals surface area contributed by atoms with E-state index in [-0.39, 0.29) is 12.5 Å². The van der Waals surface area contributed by atoms with Crippen LogP contribution in [0.25, 0.3) is 0 Å². The Morgan fingerprint density at radius 1 is 1.83 bits per heavy atom. The molecule has 0 aliphatic carbocycles. The van der Waals surface area contributed by atoms with E-state index in [0.29, 0.717) is 0 Å². The molecule has 2 radical (unpaired) electrons. The molecule has 0 aromatic rings. The van der Waals surface area contributed by atoms with Crippen LogP contribution in [0.5, 0.6) is 0 Å². The first-order valence-electron chi connectivity index (χ1n) is 1.72. The second kappa shape index (κ2) is 3.12. The molecule has 0 rings (SSSR count). The van der Waals surface area contributed by atoms with Gasteiger partial charge in [-0.2, -0.15) is 0 Å². The van der Waals surface area contributed by atoms with Crippen LogP contribution in [-0.4, -0.2) is 16.8 Å². The van der Waals surface area contributed by atoms with Crippen molar-refractivity contribution in [3.8, 4) is 0 Å². The molecule has 0 saturated carbocycles. The summed E-state index contributed by atoms with van der Waals surface area (Å²) in [7, 11) is 0. The maximum absolute atomic E-state index is 8.08. The van der Waals surface area contributed by atoms with Gasteiger partial charge in [0.25, 0.3) is 0 Å². The second-order valence-electron chi connectivity index (χ2n) is 1.09. The SMILES string of the molecule is [CH2]C([CH]O)CO. The molecule has 1 unspecified atom stereocenters. The van der Waals surface area contributed by atoms with Crippen molar-refractivity contribution >= 4 is 0 Å². The highest BCUT2D eigenvalue weighted by atomic mass is 16.3. The minimum Gasteiger partial charge on any atom is -0.396 e. The Morgan fingerprint density at radius 2 is 2.33 bits per heavy atom. The van der Waals surface area contributed by atoms with Crippen LogP contribution in [0.3, 0.4) is 0 Å². The predicted molar refractivity (Wildman–Crippen MR) is 22.2 cm³/mol. The third kappa shape index (κ3) is 2.18. The number of aliphatic hydroxyl groups excluding tert-OH is 2. The first-order chi connectivity index (χ1) is 2.81. The van der Waals surface area contributed by atoms with Crippen LogP contribution in [0, 0.1) is 19.4 Å². The molecular formula is C4H8O2. The Balaban J connectivity index is 2.75. The maximum Gasteiger partial charge on any atom is 0.0852 e. The Bertz CT molecular complexity index is 24.7. The van der Waals surface area contributed by atoms with Gasteiger partial charge >= 0.3 is 0 Å². The molecule has 6 heavy (non-hydrogen) atoms. The van der Waals surface area contributed by atoms with E-state index in [1.165, 1.54) is 0 Å². The lowest BCUT2D eigenvalue weighted by Gasteiger charge is -1.96. The van der Waals surface area contributed by atoms with Crippen LogP contribution in [0.4, 0.5) is 0 Å². The molecule has 0 amide bonds. The lowest BCUT2D eigenvalue weighted by molar-refractivity contribution is 0.222. The smallest absolute Gasteiger partial charge is 0.0852 e. The third-order valence-electron chi connectivity index (χ3n) is 0.445. The van der Waals surface area contributed by atoms with Crippen LogP contribution < -0.4 is 0 Å². The average Bonchev–Trinajstić information content (AvgIpc) is 1.65. The Labute approximate surface area is 37.4 Å². The molecular weight excluding hydrogens is 80.0 g/mol. The van der Waals surface area contributed by atoms with Crippen molar-refractivity contribution in [2.24, 2.45) is 5.92 Å². The third-order valence-corrected chi connectivity index (χ3v) is 0.445. The van der Waals surface area contributed by atoms with E-state index in [9.17, 15) is 0 Å². The Morgan fingerprint density at radius 3 is 2.33 bits per heavy atom. The molecule has 0 spiro atoms. The van der Waals surface area contributed by atoms with Gasteiger partial charge in [-0.3, -0.25) is 0 Å². The van der Waals surface area contributed by atoms with E-state index in [2.05, 4.69) is 6.92 Å². The van der Waals surface area contributed by atoms with Crippen molar-refractivity contribution in [2.45, 2.75) is 0 Å². The predicted octanol–water partition coefficient (Wildman–Crippen LogP) is -0.0367. The van der Waals surface area contributed by atoms with Gasteiger partial charge in [0.15, 0.2) is 0 Å². The van der Waals surface area contributed by atoms with Gasteiger partial charge < -0.3 is 10.2 Å². The number of aliphatic hydroxyl groups is 2. The summed E-state index contributed by atoms with van der Waals surface area (Å²) >= 11 is 0. The molecule has 36 valence electrons. The lowest BCUT2D eigenvalue weighted by Crippen LogP contribution is -1.99. The van der Waals surface area contributed by atoms with Gasteiger partial charge in [0.1, 0.15) is 0 Å². The normalized spacial score (nSPS) is 10.0. The van der Waals surface area contributed by atoms with E-state index in [1.54, 1.807) is 0 Å². The molecule has 0 aromatic carbocycles. The lowest BCUT2D eigenvalue weighted by atomic mass is 10.2. The van der Waals surface area contributed by atoms with Gasteiger partial charge in [-0.15, -0.1) is 0 Å². The van der Waals surface area contributed by atoms with E-state index < -0.39 is 0 Å². The minimum absolute atomic E-state index is 0.0868. The minimum atomic E-state index is -0.329. The van der Waals surface area contributed by atoms with Crippen LogP contribution in [0.2, 0.25) is 0 Å². The van der Waals surface area contributed by atoms with Crippen LogP contribution >= 0.6 is 0 Å². The van der Waals surface area contributed by atoms with Crippen molar-refractivity contribution in [3.05, 3.63) is 13.5 Å². The van der Waals surface area contributed by atoms with Crippen molar-refractivity contribution in [2.75, 3.05) is 6.61 Å². The summed E-state index contributed by atoms with van der Waals surface area (Å²) in [5.41, 5.74) is 0. The Hall–Kier alpha value is -0.0800. The van der Waals surface area contributed by atoms with E-state index >= 15 is 0 Å². The molecule has 0 bridgehead atoms. The zero-order valence-electron chi connectivity index (χ0n) is 3.46. The summed E-state index contributed by atoms with van der Waals surface area (Å²) < 4.78 is 0. The molecule has 2 N–H and O–H groups in total. The van der Waals surface area contributed by atoms with E-state index in [0.717, 1.165) is 6.61 Å². The summed E-state index contributed by atoms with van der Waals surface area (Å²) in [5, 5.41) is 16.1. The monoisotopic (exact) mass is 88.1 g/mol. The molecule has 0 fully saturated rings. The van der Waals surface area contributed by atoms with Crippen LogP contribution in [0.15, 0.2) is 0 Å². The van der Waals surface area contributed by atoms with Crippen molar-refractivity contribution in [3.63, 3.8) is 0 Å². The highest BCUT2D eigenvalue weighted by Gasteiger charge is 1.93. The highest BCUT2D eigenvalue weighted by Crippen LogP contribution is 1.90. The van der Waals surface area contributed by atoms with Gasteiger partial charge in [0.05, 0.1) is 6.61 Å². The Kier molecular flexibility index (Phi) is 3.08. The molecule has 2 nitrogen and oxygen atoms in total. The zero-order valence-corrected chi connectivity index (χ0v) is 3.46. The summed E-state index contributed by atoms with van der Waals surface area (Å²) in [6.07, 6.45) is 0. The summed E-state index contributed by atoms with van der Waals surface area (Å²) in [4.78, 5) is 0. The number of hydrogen-bond acceptors (Lipinski definition) is 2. The number of hydrogen-bond donors (Lipinski definition) is 2. The van der Waals surface area contributed by atoms with E-state index in [4.69, 9.17) is 10.2 Å². The quantitative estimate of drug-likeness (QED) is 0.497. The molecule has 0 heterocycles. The first kappa shape index (κ1) is 5.92. The van der Waals surface area contributed by atoms with E-state index in [1.807, 2.05) is 0 Å². The zero-order chi connectivity index (χ0) is 4.99. The molecule has 1 atom stereocenters. The van der Waals surface area contributed by atoms with Gasteiger partial charge in [-0.25, -0.2) is 0 Å². The van der Waals surface area contributed by atoms with Crippen molar-refractivity contribution in [1.82, 2.24) is 0 Å². The summed E-state index contributed by atoms with van der Waals surface area (Å²) in [5.74, 6) is -0.329. The topological polar surface area (TPSA) is 40.5 Å². The maximum atomic E-state index is 8.08. The van der Waals surface area contributed by atoms with Gasteiger partial charge in [0, 0.05) is 12.5 Å². The van der Waals surface area contributed by atoms with Crippen molar-refractivity contribution in [1.29, 1.82) is 0 Å². The molecule has 0 aliphatic heterocycles. The fourth-order valence-corrected chi connectivity index (χ4v) is 0.0471. The highest BCUT2D eigenvalue weighted by molar-refractivity contribution is 4.64. The standard InChI is InChI=1S/C4H8O2/c1-4(2-5)3-6/h2,4-6H,1,3H2. The first-order valence-corrected chi connectivity index (χ1v) is 1.72. The fraction of sp³-hybridized carbons (Fsp3) is 0.500. The molecule has 0 aromatic heterocycles. The molecule has 2 heteroatoms. The molecule has 0 aliphatic rings. The van der Waals surface area contributed by atoms with Crippen LogP contribution in [0.1, 0.15) is 0 Å².